The molecule has 3 heteroatoms. The zero-order chi connectivity index (χ0) is 12.1. The van der Waals surface area contributed by atoms with Gasteiger partial charge in [0.1, 0.15) is 0 Å². The van der Waals surface area contributed by atoms with Crippen LogP contribution >= 0.6 is 0 Å². The van der Waals surface area contributed by atoms with Crippen molar-refractivity contribution < 1.29 is 14.6 Å². The molecule has 1 aliphatic rings. The van der Waals surface area contributed by atoms with Crippen molar-refractivity contribution in [3.05, 3.63) is 0 Å². The van der Waals surface area contributed by atoms with Crippen molar-refractivity contribution in [2.24, 2.45) is 0 Å². The summed E-state index contributed by atoms with van der Waals surface area (Å²) in [5, 5.41) is 8.36. The maximum Gasteiger partial charge on any atom is 0.305 e. The van der Waals surface area contributed by atoms with Crippen molar-refractivity contribution in [2.75, 3.05) is 13.2 Å². The van der Waals surface area contributed by atoms with Gasteiger partial charge in [-0.2, -0.15) is 0 Å². The first-order chi connectivity index (χ1) is 7.81. The van der Waals surface area contributed by atoms with Crippen molar-refractivity contribution >= 4 is 5.97 Å². The molecule has 0 atom stereocenters. The number of unbranched alkanes of at least 4 members (excludes halogenated alkanes) is 1. The Morgan fingerprint density at radius 2 is 1.56 bits per heavy atom. The van der Waals surface area contributed by atoms with E-state index in [1.54, 1.807) is 6.92 Å². The fourth-order valence-electron chi connectivity index (χ4n) is 1.67. The summed E-state index contributed by atoms with van der Waals surface area (Å²) in [6.07, 6.45) is 10.8. The maximum atomic E-state index is 10.6. The average Bonchev–Trinajstić information content (AvgIpc) is 2.33. The Morgan fingerprint density at radius 1 is 1.06 bits per heavy atom. The molecule has 0 spiro atoms. The second kappa shape index (κ2) is 12.5. The molecule has 1 rings (SSSR count). The molecule has 0 aromatic heterocycles. The van der Waals surface area contributed by atoms with Crippen LogP contribution in [0, 0.1) is 0 Å². The van der Waals surface area contributed by atoms with E-state index in [0.717, 1.165) is 6.42 Å². The van der Waals surface area contributed by atoms with E-state index >= 15 is 0 Å². The Hall–Kier alpha value is -0.570. The van der Waals surface area contributed by atoms with Gasteiger partial charge >= 0.3 is 5.97 Å². The van der Waals surface area contributed by atoms with Crippen LogP contribution in [0.2, 0.25) is 0 Å². The standard InChI is InChI=1S/C7H14O3.C6H12/c1-2-10-7(9)5-3-4-6-8;1-2-4-6-5-3-1/h8H,2-6H2,1H3;1-6H2. The van der Waals surface area contributed by atoms with E-state index < -0.39 is 0 Å². The van der Waals surface area contributed by atoms with Gasteiger partial charge in [-0.05, 0) is 19.8 Å². The zero-order valence-electron chi connectivity index (χ0n) is 10.5. The summed E-state index contributed by atoms with van der Waals surface area (Å²) in [5.74, 6) is -0.170. The zero-order valence-corrected chi connectivity index (χ0v) is 10.5. The van der Waals surface area contributed by atoms with Crippen molar-refractivity contribution in [1.82, 2.24) is 0 Å². The third-order valence-electron chi connectivity index (χ3n) is 2.59. The molecule has 0 radical (unpaired) electrons. The molecular formula is C13H26O3. The minimum atomic E-state index is -0.170. The van der Waals surface area contributed by atoms with E-state index in [1.165, 1.54) is 38.5 Å². The molecule has 1 N–H and O–H groups in total. The van der Waals surface area contributed by atoms with Gasteiger partial charge in [0, 0.05) is 13.0 Å². The Bertz CT molecular complexity index is 142. The lowest BCUT2D eigenvalue weighted by Crippen LogP contribution is -2.03. The summed E-state index contributed by atoms with van der Waals surface area (Å²) in [6.45, 7) is 2.38. The normalized spacial score (nSPS) is 14.9. The van der Waals surface area contributed by atoms with E-state index in [-0.39, 0.29) is 12.6 Å². The molecular weight excluding hydrogens is 204 g/mol. The molecule has 0 bridgehead atoms. The van der Waals surface area contributed by atoms with Crippen LogP contribution in [0.4, 0.5) is 0 Å². The second-order valence-corrected chi connectivity index (χ2v) is 4.11. The molecule has 0 unspecified atom stereocenters. The first-order valence-electron chi connectivity index (χ1n) is 6.57. The molecule has 0 heterocycles. The number of carbonyl (C=O) groups excluding carboxylic acids is 1. The molecule has 1 fully saturated rings. The van der Waals surface area contributed by atoms with E-state index in [4.69, 9.17) is 5.11 Å². The van der Waals surface area contributed by atoms with Gasteiger partial charge in [-0.1, -0.05) is 38.5 Å². The Balaban J connectivity index is 0.000000315. The lowest BCUT2D eigenvalue weighted by Gasteiger charge is -2.05. The molecule has 0 aromatic carbocycles. The number of carbonyl (C=O) groups is 1. The minimum Gasteiger partial charge on any atom is -0.466 e. The lowest BCUT2D eigenvalue weighted by atomic mass is 10.0. The summed E-state index contributed by atoms with van der Waals surface area (Å²) in [7, 11) is 0. The summed E-state index contributed by atoms with van der Waals surface area (Å²) in [6, 6.07) is 0. The largest absolute Gasteiger partial charge is 0.466 e. The Kier molecular flexibility index (Phi) is 12.1. The van der Waals surface area contributed by atoms with E-state index in [1.807, 2.05) is 0 Å². The molecule has 3 nitrogen and oxygen atoms in total. The Morgan fingerprint density at radius 3 is 1.94 bits per heavy atom. The molecule has 1 saturated carbocycles. The van der Waals surface area contributed by atoms with Gasteiger partial charge in [0.15, 0.2) is 0 Å². The SMILES string of the molecule is C1CCCCC1.CCOC(=O)CCCCO. The summed E-state index contributed by atoms with van der Waals surface area (Å²) in [5.41, 5.74) is 0. The lowest BCUT2D eigenvalue weighted by molar-refractivity contribution is -0.143. The topological polar surface area (TPSA) is 46.5 Å². The van der Waals surface area contributed by atoms with Crippen LogP contribution in [0.1, 0.15) is 64.7 Å². The molecule has 16 heavy (non-hydrogen) atoms. The molecule has 1 aliphatic carbocycles. The smallest absolute Gasteiger partial charge is 0.305 e. The van der Waals surface area contributed by atoms with Gasteiger partial charge in [-0.15, -0.1) is 0 Å². The molecule has 0 amide bonds. The van der Waals surface area contributed by atoms with Crippen molar-refractivity contribution in [3.8, 4) is 0 Å². The number of aliphatic hydroxyl groups is 1. The highest BCUT2D eigenvalue weighted by Crippen LogP contribution is 2.15. The maximum absolute atomic E-state index is 10.6. The number of hydrogen-bond acceptors (Lipinski definition) is 3. The predicted molar refractivity (Wildman–Crippen MR) is 65.3 cm³/mol. The highest BCUT2D eigenvalue weighted by molar-refractivity contribution is 5.69. The third kappa shape index (κ3) is 11.5. The first-order valence-corrected chi connectivity index (χ1v) is 6.57. The average molecular weight is 230 g/mol. The number of aliphatic hydroxyl groups excluding tert-OH is 1. The van der Waals surface area contributed by atoms with Crippen molar-refractivity contribution in [2.45, 2.75) is 64.7 Å². The number of rotatable bonds is 5. The first kappa shape index (κ1) is 15.4. The molecule has 0 saturated heterocycles. The third-order valence-corrected chi connectivity index (χ3v) is 2.59. The van der Waals surface area contributed by atoms with Crippen LogP contribution in [0.15, 0.2) is 0 Å². The second-order valence-electron chi connectivity index (χ2n) is 4.11. The summed E-state index contributed by atoms with van der Waals surface area (Å²) >= 11 is 0. The van der Waals surface area contributed by atoms with Gasteiger partial charge < -0.3 is 9.84 Å². The Labute approximate surface area is 99.2 Å². The van der Waals surface area contributed by atoms with Gasteiger partial charge in [-0.3, -0.25) is 4.79 Å². The number of ether oxygens (including phenoxy) is 1. The van der Waals surface area contributed by atoms with Crippen molar-refractivity contribution in [3.63, 3.8) is 0 Å². The number of esters is 1. The molecule has 0 aliphatic heterocycles. The van der Waals surface area contributed by atoms with Gasteiger partial charge in [0.05, 0.1) is 6.61 Å². The minimum absolute atomic E-state index is 0.152. The summed E-state index contributed by atoms with van der Waals surface area (Å²) < 4.78 is 4.67. The molecule has 0 aromatic rings. The highest BCUT2D eigenvalue weighted by atomic mass is 16.5. The monoisotopic (exact) mass is 230 g/mol. The van der Waals surface area contributed by atoms with Crippen LogP contribution < -0.4 is 0 Å². The van der Waals surface area contributed by atoms with Crippen LogP contribution in [-0.2, 0) is 9.53 Å². The summed E-state index contributed by atoms with van der Waals surface area (Å²) in [4.78, 5) is 10.6. The predicted octanol–water partition coefficient (Wildman–Crippen LogP) is 3.05. The van der Waals surface area contributed by atoms with Crippen LogP contribution in [0.3, 0.4) is 0 Å². The molecule has 96 valence electrons. The van der Waals surface area contributed by atoms with Crippen LogP contribution in [-0.4, -0.2) is 24.3 Å². The van der Waals surface area contributed by atoms with Crippen molar-refractivity contribution in [1.29, 1.82) is 0 Å². The fourth-order valence-corrected chi connectivity index (χ4v) is 1.67. The van der Waals surface area contributed by atoms with Crippen LogP contribution in [0.25, 0.3) is 0 Å². The van der Waals surface area contributed by atoms with Gasteiger partial charge in [-0.25, -0.2) is 0 Å². The fraction of sp³-hybridized carbons (Fsp3) is 0.923. The quantitative estimate of drug-likeness (QED) is 0.583. The van der Waals surface area contributed by atoms with E-state index in [2.05, 4.69) is 4.74 Å². The number of hydrogen-bond donors (Lipinski definition) is 1. The van der Waals surface area contributed by atoms with Gasteiger partial charge in [0.25, 0.3) is 0 Å². The highest BCUT2D eigenvalue weighted by Gasteiger charge is 1.98. The van der Waals surface area contributed by atoms with E-state index in [0.29, 0.717) is 19.4 Å². The van der Waals surface area contributed by atoms with E-state index in [9.17, 15) is 4.79 Å². The van der Waals surface area contributed by atoms with Gasteiger partial charge in [0.2, 0.25) is 0 Å². The van der Waals surface area contributed by atoms with Crippen LogP contribution in [0.5, 0.6) is 0 Å².